The van der Waals surface area contributed by atoms with Gasteiger partial charge in [0.05, 0.1) is 0 Å². The molecule has 108 valence electrons. The van der Waals surface area contributed by atoms with Gasteiger partial charge in [-0.25, -0.2) is 8.78 Å². The quantitative estimate of drug-likeness (QED) is 0.728. The fourth-order valence-electron chi connectivity index (χ4n) is 1.77. The maximum absolute atomic E-state index is 13.5. The van der Waals surface area contributed by atoms with Crippen molar-refractivity contribution in [2.75, 3.05) is 19.8 Å². The second-order valence-electron chi connectivity index (χ2n) is 5.16. The summed E-state index contributed by atoms with van der Waals surface area (Å²) in [6.07, 6.45) is 0.875. The molecule has 0 bridgehead atoms. The molecule has 0 aliphatic heterocycles. The molecular formula is C15H23F2NO. The molecule has 1 rings (SSSR count). The topological polar surface area (TPSA) is 21.3 Å². The van der Waals surface area contributed by atoms with Crippen LogP contribution in [0.3, 0.4) is 0 Å². The van der Waals surface area contributed by atoms with Crippen LogP contribution in [-0.2, 0) is 4.74 Å². The van der Waals surface area contributed by atoms with Crippen molar-refractivity contribution in [2.24, 2.45) is 5.92 Å². The summed E-state index contributed by atoms with van der Waals surface area (Å²) in [4.78, 5) is 0. The molecule has 0 aromatic heterocycles. The molecule has 0 amide bonds. The molecule has 0 saturated carbocycles. The summed E-state index contributed by atoms with van der Waals surface area (Å²) in [7, 11) is 0. The van der Waals surface area contributed by atoms with Crippen LogP contribution in [0.2, 0.25) is 0 Å². The van der Waals surface area contributed by atoms with Gasteiger partial charge in [-0.3, -0.25) is 0 Å². The molecule has 1 unspecified atom stereocenters. The van der Waals surface area contributed by atoms with Crippen molar-refractivity contribution in [3.8, 4) is 0 Å². The van der Waals surface area contributed by atoms with E-state index in [1.807, 2.05) is 6.92 Å². The molecule has 1 atom stereocenters. The van der Waals surface area contributed by atoms with Crippen molar-refractivity contribution < 1.29 is 13.5 Å². The highest BCUT2D eigenvalue weighted by atomic mass is 19.1. The molecule has 4 heteroatoms. The van der Waals surface area contributed by atoms with E-state index in [4.69, 9.17) is 4.74 Å². The molecule has 1 aromatic carbocycles. The van der Waals surface area contributed by atoms with Gasteiger partial charge in [0.2, 0.25) is 0 Å². The van der Waals surface area contributed by atoms with Gasteiger partial charge in [-0.15, -0.1) is 0 Å². The minimum Gasteiger partial charge on any atom is -0.381 e. The van der Waals surface area contributed by atoms with Crippen LogP contribution in [0, 0.1) is 17.6 Å². The Balaban J connectivity index is 2.25. The number of nitrogens with one attached hydrogen (secondary N) is 1. The third kappa shape index (κ3) is 6.12. The maximum atomic E-state index is 13.5. The van der Waals surface area contributed by atoms with Gasteiger partial charge in [0, 0.05) is 30.9 Å². The first kappa shape index (κ1) is 16.1. The van der Waals surface area contributed by atoms with Gasteiger partial charge in [0.1, 0.15) is 11.6 Å². The molecule has 19 heavy (non-hydrogen) atoms. The van der Waals surface area contributed by atoms with E-state index in [9.17, 15) is 8.78 Å². The SMILES string of the molecule is CC(C)COCCCNC(C)c1ccc(F)cc1F. The Labute approximate surface area is 114 Å². The van der Waals surface area contributed by atoms with E-state index in [0.717, 1.165) is 25.6 Å². The monoisotopic (exact) mass is 271 g/mol. The predicted octanol–water partition coefficient (Wildman–Crippen LogP) is 3.68. The van der Waals surface area contributed by atoms with Crippen molar-refractivity contribution in [2.45, 2.75) is 33.2 Å². The number of hydrogen-bond acceptors (Lipinski definition) is 2. The van der Waals surface area contributed by atoms with E-state index in [2.05, 4.69) is 19.2 Å². The highest BCUT2D eigenvalue weighted by Crippen LogP contribution is 2.17. The molecule has 0 fully saturated rings. The van der Waals surface area contributed by atoms with Crippen molar-refractivity contribution in [3.63, 3.8) is 0 Å². The summed E-state index contributed by atoms with van der Waals surface area (Å²) < 4.78 is 31.8. The lowest BCUT2D eigenvalue weighted by Crippen LogP contribution is -2.22. The Morgan fingerprint density at radius 2 is 1.95 bits per heavy atom. The fourth-order valence-corrected chi connectivity index (χ4v) is 1.77. The Morgan fingerprint density at radius 1 is 1.21 bits per heavy atom. The summed E-state index contributed by atoms with van der Waals surface area (Å²) in [5.41, 5.74) is 0.490. The highest BCUT2D eigenvalue weighted by Gasteiger charge is 2.10. The van der Waals surface area contributed by atoms with Gasteiger partial charge in [-0.1, -0.05) is 19.9 Å². The summed E-state index contributed by atoms with van der Waals surface area (Å²) >= 11 is 0. The standard InChI is InChI=1S/C15H23F2NO/c1-11(2)10-19-8-4-7-18-12(3)14-6-5-13(16)9-15(14)17/h5-6,9,11-12,18H,4,7-8,10H2,1-3H3. The zero-order valence-corrected chi connectivity index (χ0v) is 11.9. The average Bonchev–Trinajstić information content (AvgIpc) is 2.32. The van der Waals surface area contributed by atoms with E-state index >= 15 is 0 Å². The number of rotatable bonds is 8. The van der Waals surface area contributed by atoms with Crippen LogP contribution in [-0.4, -0.2) is 19.8 Å². The van der Waals surface area contributed by atoms with Crippen molar-refractivity contribution in [1.82, 2.24) is 5.32 Å². The second kappa shape index (κ2) is 8.23. The first-order chi connectivity index (χ1) is 9.00. The molecule has 2 nitrogen and oxygen atoms in total. The van der Waals surface area contributed by atoms with Crippen molar-refractivity contribution >= 4 is 0 Å². The van der Waals surface area contributed by atoms with Crippen LogP contribution in [0.5, 0.6) is 0 Å². The lowest BCUT2D eigenvalue weighted by atomic mass is 10.1. The molecule has 0 spiro atoms. The van der Waals surface area contributed by atoms with Gasteiger partial charge in [0.15, 0.2) is 0 Å². The summed E-state index contributed by atoms with van der Waals surface area (Å²) in [5, 5.41) is 3.20. The molecule has 0 heterocycles. The third-order valence-corrected chi connectivity index (χ3v) is 2.80. The molecule has 1 aromatic rings. The number of ether oxygens (including phenoxy) is 1. The van der Waals surface area contributed by atoms with Crippen molar-refractivity contribution in [1.29, 1.82) is 0 Å². The number of halogens is 2. The molecule has 0 aliphatic carbocycles. The summed E-state index contributed by atoms with van der Waals surface area (Å²) in [6.45, 7) is 8.29. The minimum absolute atomic E-state index is 0.134. The third-order valence-electron chi connectivity index (χ3n) is 2.80. The minimum atomic E-state index is -0.546. The Kier molecular flexibility index (Phi) is 6.95. The Morgan fingerprint density at radius 3 is 2.58 bits per heavy atom. The Bertz CT molecular complexity index is 382. The zero-order chi connectivity index (χ0) is 14.3. The number of benzene rings is 1. The zero-order valence-electron chi connectivity index (χ0n) is 11.9. The Hall–Kier alpha value is -1.00. The molecule has 0 radical (unpaired) electrons. The smallest absolute Gasteiger partial charge is 0.130 e. The molecule has 1 N–H and O–H groups in total. The fraction of sp³-hybridized carbons (Fsp3) is 0.600. The lowest BCUT2D eigenvalue weighted by Gasteiger charge is -2.15. The number of hydrogen-bond donors (Lipinski definition) is 1. The van der Waals surface area contributed by atoms with Crippen LogP contribution < -0.4 is 5.32 Å². The maximum Gasteiger partial charge on any atom is 0.130 e. The van der Waals surface area contributed by atoms with Crippen LogP contribution in [0.25, 0.3) is 0 Å². The van der Waals surface area contributed by atoms with E-state index in [1.165, 1.54) is 12.1 Å². The normalized spacial score (nSPS) is 12.9. The molecular weight excluding hydrogens is 248 g/mol. The largest absolute Gasteiger partial charge is 0.381 e. The van der Waals surface area contributed by atoms with E-state index in [0.29, 0.717) is 18.1 Å². The van der Waals surface area contributed by atoms with Crippen LogP contribution in [0.15, 0.2) is 18.2 Å². The van der Waals surface area contributed by atoms with E-state index in [1.54, 1.807) is 0 Å². The average molecular weight is 271 g/mol. The van der Waals surface area contributed by atoms with Crippen LogP contribution >= 0.6 is 0 Å². The van der Waals surface area contributed by atoms with Crippen LogP contribution in [0.4, 0.5) is 8.78 Å². The van der Waals surface area contributed by atoms with Gasteiger partial charge in [-0.2, -0.15) is 0 Å². The van der Waals surface area contributed by atoms with Crippen molar-refractivity contribution in [3.05, 3.63) is 35.4 Å². The first-order valence-corrected chi connectivity index (χ1v) is 6.76. The van der Waals surface area contributed by atoms with Crippen LogP contribution in [0.1, 0.15) is 38.8 Å². The van der Waals surface area contributed by atoms with Gasteiger partial charge in [0.25, 0.3) is 0 Å². The first-order valence-electron chi connectivity index (χ1n) is 6.76. The summed E-state index contributed by atoms with van der Waals surface area (Å²) in [5.74, 6) is -0.508. The van der Waals surface area contributed by atoms with E-state index in [-0.39, 0.29) is 6.04 Å². The van der Waals surface area contributed by atoms with E-state index < -0.39 is 11.6 Å². The predicted molar refractivity (Wildman–Crippen MR) is 73.0 cm³/mol. The molecule has 0 aliphatic rings. The summed E-state index contributed by atoms with van der Waals surface area (Å²) in [6, 6.07) is 3.55. The highest BCUT2D eigenvalue weighted by molar-refractivity contribution is 5.21. The van der Waals surface area contributed by atoms with Gasteiger partial charge in [-0.05, 0) is 31.9 Å². The molecule has 0 saturated heterocycles. The van der Waals surface area contributed by atoms with Gasteiger partial charge >= 0.3 is 0 Å². The lowest BCUT2D eigenvalue weighted by molar-refractivity contribution is 0.107. The van der Waals surface area contributed by atoms with Gasteiger partial charge < -0.3 is 10.1 Å². The second-order valence-corrected chi connectivity index (χ2v) is 5.16.